The Balaban J connectivity index is 1.58. The molecule has 2 aromatic heterocycles. The second-order valence-corrected chi connectivity index (χ2v) is 8.50. The second kappa shape index (κ2) is 9.26. The number of hydrogen-bond donors (Lipinski definition) is 1. The zero-order valence-corrected chi connectivity index (χ0v) is 19.2. The summed E-state index contributed by atoms with van der Waals surface area (Å²) in [7, 11) is 0. The van der Waals surface area contributed by atoms with E-state index in [0.717, 1.165) is 35.7 Å². The Morgan fingerprint density at radius 2 is 2.15 bits per heavy atom. The van der Waals surface area contributed by atoms with E-state index in [-0.39, 0.29) is 11.6 Å². The van der Waals surface area contributed by atoms with Gasteiger partial charge in [0, 0.05) is 30.6 Å². The maximum absolute atomic E-state index is 15.3. The van der Waals surface area contributed by atoms with Crippen molar-refractivity contribution in [3.63, 3.8) is 0 Å². The molecule has 1 N–H and O–H groups in total. The number of halogens is 1. The maximum Gasteiger partial charge on any atom is 0.262 e. The number of carbonyl (C=O) groups is 1. The number of benzene rings is 2. The Kier molecular flexibility index (Phi) is 6.02. The van der Waals surface area contributed by atoms with E-state index in [4.69, 9.17) is 0 Å². The fourth-order valence-corrected chi connectivity index (χ4v) is 4.48. The number of amides is 1. The molecule has 174 valence electrons. The normalized spacial score (nSPS) is 16.0. The van der Waals surface area contributed by atoms with Gasteiger partial charge in [0.2, 0.25) is 0 Å². The Bertz CT molecular complexity index is 1340. The number of rotatable bonds is 5. The lowest BCUT2D eigenvalue weighted by Gasteiger charge is -2.35. The Morgan fingerprint density at radius 3 is 2.88 bits per heavy atom. The number of carbonyl (C=O) groups excluding carboxylic acids is 1. The average Bonchev–Trinajstić information content (AvgIpc) is 3.34. The van der Waals surface area contributed by atoms with E-state index in [9.17, 15) is 4.79 Å². The van der Waals surface area contributed by atoms with Gasteiger partial charge >= 0.3 is 0 Å². The molecule has 1 aliphatic rings. The molecular weight excluding hydrogens is 433 g/mol. The number of piperidine rings is 1. The van der Waals surface area contributed by atoms with Gasteiger partial charge in [-0.15, -0.1) is 15.0 Å². The maximum atomic E-state index is 15.3. The van der Waals surface area contributed by atoms with Gasteiger partial charge in [0.15, 0.2) is 5.82 Å². The van der Waals surface area contributed by atoms with Crippen molar-refractivity contribution in [2.75, 3.05) is 18.0 Å². The molecule has 0 radical (unpaired) electrons. The standard InChI is InChI=1S/C25H26FN7O/c1-3-22-29-31-33(30-22)18-9-10-20(21(26)14-18)25(34)32(19-8-5-12-27-15-19)24-23-16(2)6-4-7-17(23)11-13-28-24/h4,6-7,9-11,13-14,19,27H,3,5,8,12,15H2,1-2H3/t19-/m1/s1. The molecule has 1 aliphatic heterocycles. The summed E-state index contributed by atoms with van der Waals surface area (Å²) in [4.78, 5) is 21.4. The first-order valence-corrected chi connectivity index (χ1v) is 11.5. The number of fused-ring (bicyclic) bond motifs is 1. The highest BCUT2D eigenvalue weighted by molar-refractivity contribution is 6.11. The third-order valence-corrected chi connectivity index (χ3v) is 6.25. The van der Waals surface area contributed by atoms with Crippen molar-refractivity contribution in [3.8, 4) is 5.69 Å². The molecule has 0 saturated carbocycles. The molecule has 8 nitrogen and oxygen atoms in total. The molecule has 1 fully saturated rings. The topological polar surface area (TPSA) is 88.8 Å². The summed E-state index contributed by atoms with van der Waals surface area (Å²) in [5.41, 5.74) is 1.41. The first kappa shape index (κ1) is 22.1. The van der Waals surface area contributed by atoms with Crippen LogP contribution in [0.15, 0.2) is 48.7 Å². The molecule has 0 spiro atoms. The van der Waals surface area contributed by atoms with Gasteiger partial charge in [-0.3, -0.25) is 9.69 Å². The molecule has 1 saturated heterocycles. The van der Waals surface area contributed by atoms with Crippen LogP contribution < -0.4 is 10.2 Å². The van der Waals surface area contributed by atoms with E-state index < -0.39 is 11.7 Å². The molecule has 4 aromatic rings. The first-order chi connectivity index (χ1) is 16.6. The van der Waals surface area contributed by atoms with Gasteiger partial charge in [-0.1, -0.05) is 25.1 Å². The molecule has 2 aromatic carbocycles. The summed E-state index contributed by atoms with van der Waals surface area (Å²) in [5, 5.41) is 17.4. The number of aromatic nitrogens is 5. The van der Waals surface area contributed by atoms with Gasteiger partial charge in [-0.05, 0) is 60.7 Å². The second-order valence-electron chi connectivity index (χ2n) is 8.50. The predicted octanol–water partition coefficient (Wildman–Crippen LogP) is 3.62. The van der Waals surface area contributed by atoms with Crippen molar-refractivity contribution in [2.24, 2.45) is 0 Å². The monoisotopic (exact) mass is 459 g/mol. The highest BCUT2D eigenvalue weighted by atomic mass is 19.1. The number of nitrogens with zero attached hydrogens (tertiary/aromatic N) is 6. The van der Waals surface area contributed by atoms with Crippen LogP contribution in [0.3, 0.4) is 0 Å². The van der Waals surface area contributed by atoms with Crippen LogP contribution in [0.4, 0.5) is 10.2 Å². The van der Waals surface area contributed by atoms with Gasteiger partial charge in [-0.2, -0.15) is 0 Å². The van der Waals surface area contributed by atoms with Gasteiger partial charge in [-0.25, -0.2) is 9.37 Å². The van der Waals surface area contributed by atoms with Crippen LogP contribution >= 0.6 is 0 Å². The van der Waals surface area contributed by atoms with Crippen molar-refractivity contribution in [2.45, 2.75) is 39.2 Å². The van der Waals surface area contributed by atoms with Crippen LogP contribution in [0, 0.1) is 12.7 Å². The first-order valence-electron chi connectivity index (χ1n) is 11.5. The minimum atomic E-state index is -0.636. The van der Waals surface area contributed by atoms with E-state index in [1.54, 1.807) is 17.2 Å². The SMILES string of the molecule is CCc1nnn(-c2ccc(C(=O)N(c3nccc4cccc(C)c34)[C@@H]3CCCNC3)c(F)c2)n1. The molecule has 0 unspecified atom stereocenters. The van der Waals surface area contributed by atoms with Gasteiger partial charge < -0.3 is 5.32 Å². The minimum Gasteiger partial charge on any atom is -0.315 e. The molecule has 0 aliphatic carbocycles. The van der Waals surface area contributed by atoms with Gasteiger partial charge in [0.1, 0.15) is 11.6 Å². The number of pyridine rings is 1. The highest BCUT2D eigenvalue weighted by Gasteiger charge is 2.31. The zero-order chi connectivity index (χ0) is 23.7. The van der Waals surface area contributed by atoms with Gasteiger partial charge in [0.25, 0.3) is 5.91 Å². The summed E-state index contributed by atoms with van der Waals surface area (Å²) in [6.45, 7) is 5.44. The Labute approximate surface area is 196 Å². The van der Waals surface area contributed by atoms with E-state index in [2.05, 4.69) is 25.7 Å². The number of hydrogen-bond acceptors (Lipinski definition) is 6. The molecule has 5 rings (SSSR count). The van der Waals surface area contributed by atoms with Crippen molar-refractivity contribution < 1.29 is 9.18 Å². The van der Waals surface area contributed by atoms with Crippen molar-refractivity contribution in [3.05, 3.63) is 71.4 Å². The Morgan fingerprint density at radius 1 is 1.26 bits per heavy atom. The zero-order valence-electron chi connectivity index (χ0n) is 19.2. The molecular formula is C25H26FN7O. The van der Waals surface area contributed by atoms with Crippen LogP contribution in [-0.2, 0) is 6.42 Å². The smallest absolute Gasteiger partial charge is 0.262 e. The molecule has 34 heavy (non-hydrogen) atoms. The third-order valence-electron chi connectivity index (χ3n) is 6.25. The van der Waals surface area contributed by atoms with E-state index >= 15 is 4.39 Å². The van der Waals surface area contributed by atoms with Crippen molar-refractivity contribution in [1.82, 2.24) is 30.5 Å². The lowest BCUT2D eigenvalue weighted by molar-refractivity contribution is 0.0968. The summed E-state index contributed by atoms with van der Waals surface area (Å²) >= 11 is 0. The molecule has 3 heterocycles. The molecule has 0 bridgehead atoms. The van der Waals surface area contributed by atoms with Crippen LogP contribution in [0.1, 0.15) is 41.5 Å². The Hall–Kier alpha value is -3.72. The third kappa shape index (κ3) is 4.03. The van der Waals surface area contributed by atoms with Gasteiger partial charge in [0.05, 0.1) is 17.3 Å². The lowest BCUT2D eigenvalue weighted by Crippen LogP contribution is -2.49. The van der Waals surface area contributed by atoms with Crippen molar-refractivity contribution in [1.29, 1.82) is 0 Å². The van der Waals surface area contributed by atoms with E-state index in [1.165, 1.54) is 16.9 Å². The minimum absolute atomic E-state index is 0.0162. The predicted molar refractivity (Wildman–Crippen MR) is 128 cm³/mol. The van der Waals surface area contributed by atoms with Crippen molar-refractivity contribution >= 4 is 22.5 Å². The fraction of sp³-hybridized carbons (Fsp3) is 0.320. The summed E-state index contributed by atoms with van der Waals surface area (Å²) in [6, 6.07) is 12.2. The highest BCUT2D eigenvalue weighted by Crippen LogP contribution is 2.32. The lowest BCUT2D eigenvalue weighted by atomic mass is 10.0. The molecule has 9 heteroatoms. The van der Waals surface area contributed by atoms with Crippen LogP contribution in [0.25, 0.3) is 16.5 Å². The van der Waals surface area contributed by atoms with Crippen LogP contribution in [-0.4, -0.2) is 50.2 Å². The van der Waals surface area contributed by atoms with Crippen LogP contribution in [0.2, 0.25) is 0 Å². The summed E-state index contributed by atoms with van der Waals surface area (Å²) in [6.07, 6.45) is 4.07. The summed E-state index contributed by atoms with van der Waals surface area (Å²) < 4.78 is 15.3. The van der Waals surface area contributed by atoms with Crippen LogP contribution in [0.5, 0.6) is 0 Å². The fourth-order valence-electron chi connectivity index (χ4n) is 4.48. The van der Waals surface area contributed by atoms with E-state index in [1.807, 2.05) is 38.1 Å². The number of tetrazole rings is 1. The number of aryl methyl sites for hydroxylation is 2. The average molecular weight is 460 g/mol. The summed E-state index contributed by atoms with van der Waals surface area (Å²) in [5.74, 6) is 0.0719. The number of nitrogens with one attached hydrogen (secondary N) is 1. The van der Waals surface area contributed by atoms with E-state index in [0.29, 0.717) is 30.3 Å². The molecule has 1 amide bonds. The number of anilines is 1. The largest absolute Gasteiger partial charge is 0.315 e. The molecule has 1 atom stereocenters. The quantitative estimate of drug-likeness (QED) is 0.490.